The van der Waals surface area contributed by atoms with E-state index in [1.807, 2.05) is 46.8 Å². The molecule has 1 aliphatic carbocycles. The molecule has 0 aliphatic heterocycles. The van der Waals surface area contributed by atoms with Crippen molar-refractivity contribution < 1.29 is 14.3 Å². The first-order valence-corrected chi connectivity index (χ1v) is 9.74. The first-order chi connectivity index (χ1) is 12.7. The zero-order valence-electron chi connectivity index (χ0n) is 17.1. The minimum atomic E-state index is -0.946. The largest absolute Gasteiger partial charge is 0.378 e. The Labute approximate surface area is 162 Å². The van der Waals surface area contributed by atoms with Crippen LogP contribution in [-0.2, 0) is 16.1 Å². The van der Waals surface area contributed by atoms with Crippen LogP contribution in [0.5, 0.6) is 0 Å². The Morgan fingerprint density at radius 2 is 2.04 bits per heavy atom. The van der Waals surface area contributed by atoms with Crippen LogP contribution in [0.4, 0.5) is 0 Å². The quantitative estimate of drug-likeness (QED) is 0.650. The minimum Gasteiger partial charge on any atom is -0.378 e. The third kappa shape index (κ3) is 4.33. The lowest BCUT2D eigenvalue weighted by Crippen LogP contribution is -2.75. The minimum absolute atomic E-state index is 0.00849. The number of benzene rings is 1. The van der Waals surface area contributed by atoms with Crippen LogP contribution in [0.3, 0.4) is 0 Å². The molecular weight excluding hydrogens is 342 g/mol. The van der Waals surface area contributed by atoms with Crippen molar-refractivity contribution in [2.45, 2.75) is 71.7 Å². The summed E-state index contributed by atoms with van der Waals surface area (Å²) in [5.74, 6) is -0.287. The Bertz CT molecular complexity index is 689. The topological polar surface area (TPSA) is 93.4 Å². The molecule has 2 amide bonds. The second kappa shape index (κ2) is 8.40. The van der Waals surface area contributed by atoms with Gasteiger partial charge in [0.25, 0.3) is 5.91 Å². The van der Waals surface area contributed by atoms with Gasteiger partial charge in [0.1, 0.15) is 5.54 Å². The van der Waals surface area contributed by atoms with Gasteiger partial charge in [0.2, 0.25) is 5.91 Å². The molecule has 1 fully saturated rings. The summed E-state index contributed by atoms with van der Waals surface area (Å²) in [4.78, 5) is 25.0. The van der Waals surface area contributed by atoms with E-state index in [0.717, 1.165) is 12.0 Å². The zero-order chi connectivity index (χ0) is 20.2. The van der Waals surface area contributed by atoms with Crippen molar-refractivity contribution in [1.82, 2.24) is 10.6 Å². The van der Waals surface area contributed by atoms with Gasteiger partial charge in [0.05, 0.1) is 6.10 Å². The molecule has 1 aromatic rings. The lowest BCUT2D eigenvalue weighted by molar-refractivity contribution is -0.170. The van der Waals surface area contributed by atoms with Gasteiger partial charge < -0.3 is 21.1 Å². The number of nitrogens with one attached hydrogen (secondary N) is 2. The Morgan fingerprint density at radius 1 is 1.33 bits per heavy atom. The number of hydrogen-bond donors (Lipinski definition) is 3. The fourth-order valence-corrected chi connectivity index (χ4v) is 3.39. The van der Waals surface area contributed by atoms with Crippen molar-refractivity contribution in [3.63, 3.8) is 0 Å². The highest BCUT2D eigenvalue weighted by atomic mass is 16.5. The van der Waals surface area contributed by atoms with Crippen molar-refractivity contribution in [1.29, 1.82) is 0 Å². The molecule has 0 aromatic heterocycles. The summed E-state index contributed by atoms with van der Waals surface area (Å²) >= 11 is 0. The summed E-state index contributed by atoms with van der Waals surface area (Å²) in [5, 5.41) is 5.87. The van der Waals surface area contributed by atoms with Crippen molar-refractivity contribution in [2.75, 3.05) is 6.61 Å². The van der Waals surface area contributed by atoms with Gasteiger partial charge in [-0.15, -0.1) is 0 Å². The van der Waals surface area contributed by atoms with Gasteiger partial charge in [-0.05, 0) is 38.0 Å². The predicted octanol–water partition coefficient (Wildman–Crippen LogP) is 2.36. The molecule has 0 bridgehead atoms. The van der Waals surface area contributed by atoms with E-state index in [1.54, 1.807) is 12.1 Å². The van der Waals surface area contributed by atoms with Crippen molar-refractivity contribution >= 4 is 11.8 Å². The Kier molecular flexibility index (Phi) is 6.65. The second-order valence-corrected chi connectivity index (χ2v) is 8.01. The van der Waals surface area contributed by atoms with Gasteiger partial charge in [-0.25, -0.2) is 0 Å². The second-order valence-electron chi connectivity index (χ2n) is 8.01. The van der Waals surface area contributed by atoms with Crippen LogP contribution in [0.25, 0.3) is 0 Å². The number of nitrogens with two attached hydrogens (primary N) is 1. The Morgan fingerprint density at radius 3 is 2.63 bits per heavy atom. The van der Waals surface area contributed by atoms with Crippen LogP contribution < -0.4 is 16.4 Å². The fraction of sp³-hybridized carbons (Fsp3) is 0.619. The summed E-state index contributed by atoms with van der Waals surface area (Å²) in [5.41, 5.74) is 6.48. The van der Waals surface area contributed by atoms with E-state index in [1.165, 1.54) is 0 Å². The average molecular weight is 376 g/mol. The molecule has 3 unspecified atom stereocenters. The van der Waals surface area contributed by atoms with Crippen LogP contribution in [-0.4, -0.2) is 36.1 Å². The summed E-state index contributed by atoms with van der Waals surface area (Å²) in [6, 6.07) is 7.41. The maximum Gasteiger partial charge on any atom is 0.251 e. The molecule has 3 atom stereocenters. The Hall–Kier alpha value is -1.92. The summed E-state index contributed by atoms with van der Waals surface area (Å²) < 4.78 is 5.68. The number of carbonyl (C=O) groups is 2. The zero-order valence-corrected chi connectivity index (χ0v) is 17.1. The molecular formula is C21H33N3O3. The fourth-order valence-electron chi connectivity index (χ4n) is 3.39. The third-order valence-electron chi connectivity index (χ3n) is 5.87. The molecule has 0 saturated heterocycles. The van der Waals surface area contributed by atoms with E-state index < -0.39 is 11.0 Å². The number of ether oxygens (including phenoxy) is 1. The van der Waals surface area contributed by atoms with Gasteiger partial charge >= 0.3 is 0 Å². The summed E-state index contributed by atoms with van der Waals surface area (Å²) in [6.07, 6.45) is 1.38. The molecule has 27 heavy (non-hydrogen) atoms. The van der Waals surface area contributed by atoms with E-state index in [2.05, 4.69) is 10.6 Å². The first kappa shape index (κ1) is 21.4. The van der Waals surface area contributed by atoms with Crippen LogP contribution in [0, 0.1) is 5.41 Å². The first-order valence-electron chi connectivity index (χ1n) is 9.74. The molecule has 2 rings (SSSR count). The monoisotopic (exact) mass is 375 g/mol. The molecule has 0 spiro atoms. The third-order valence-corrected chi connectivity index (χ3v) is 5.87. The van der Waals surface area contributed by atoms with Gasteiger partial charge in [0.15, 0.2) is 0 Å². The van der Waals surface area contributed by atoms with Crippen LogP contribution in [0.15, 0.2) is 24.3 Å². The van der Waals surface area contributed by atoms with Gasteiger partial charge in [-0.1, -0.05) is 32.9 Å². The van der Waals surface area contributed by atoms with Gasteiger partial charge in [-0.3, -0.25) is 9.59 Å². The number of hydrogen-bond acceptors (Lipinski definition) is 4. The van der Waals surface area contributed by atoms with Crippen molar-refractivity contribution in [3.8, 4) is 0 Å². The number of carbonyl (C=O) groups excluding carboxylic acids is 2. The van der Waals surface area contributed by atoms with Gasteiger partial charge in [-0.2, -0.15) is 0 Å². The highest BCUT2D eigenvalue weighted by Crippen LogP contribution is 2.49. The number of rotatable bonds is 8. The maximum absolute atomic E-state index is 12.7. The molecule has 4 N–H and O–H groups in total. The normalized spacial score (nSPS) is 24.6. The molecule has 150 valence electrons. The van der Waals surface area contributed by atoms with Gasteiger partial charge in [0, 0.05) is 36.6 Å². The van der Waals surface area contributed by atoms with E-state index in [4.69, 9.17) is 10.5 Å². The average Bonchev–Trinajstić information content (AvgIpc) is 2.65. The van der Waals surface area contributed by atoms with E-state index in [-0.39, 0.29) is 24.0 Å². The van der Waals surface area contributed by atoms with Crippen LogP contribution in [0.1, 0.15) is 63.4 Å². The van der Waals surface area contributed by atoms with E-state index in [0.29, 0.717) is 25.1 Å². The highest BCUT2D eigenvalue weighted by molar-refractivity contribution is 5.94. The molecule has 1 aromatic carbocycles. The van der Waals surface area contributed by atoms with Crippen LogP contribution in [0.2, 0.25) is 0 Å². The smallest absolute Gasteiger partial charge is 0.251 e. The van der Waals surface area contributed by atoms with E-state index in [9.17, 15) is 9.59 Å². The summed E-state index contributed by atoms with van der Waals surface area (Å²) in [7, 11) is 0. The predicted molar refractivity (Wildman–Crippen MR) is 106 cm³/mol. The van der Waals surface area contributed by atoms with E-state index >= 15 is 0 Å². The number of amides is 2. The lowest BCUT2D eigenvalue weighted by Gasteiger charge is -2.57. The molecule has 0 heterocycles. The van der Waals surface area contributed by atoms with Crippen molar-refractivity contribution in [2.24, 2.45) is 11.1 Å². The molecule has 6 heteroatoms. The SMILES string of the molecule is CCOC1CC(N)(C(=O)NCc2cccc(C(=O)NC(C)CC)c2)C1(C)C. The molecule has 1 aliphatic rings. The molecule has 1 saturated carbocycles. The van der Waals surface area contributed by atoms with Crippen molar-refractivity contribution in [3.05, 3.63) is 35.4 Å². The lowest BCUT2D eigenvalue weighted by atomic mass is 9.54. The highest BCUT2D eigenvalue weighted by Gasteiger charge is 2.62. The summed E-state index contributed by atoms with van der Waals surface area (Å²) in [6.45, 7) is 10.8. The Balaban J connectivity index is 1.98. The molecule has 0 radical (unpaired) electrons. The molecule has 6 nitrogen and oxygen atoms in total. The standard InChI is InChI=1S/C21H33N3O3/c1-6-14(3)24-18(25)16-10-8-9-15(11-16)13-23-19(26)21(22)12-17(27-7-2)20(21,4)5/h8-11,14,17H,6-7,12-13,22H2,1-5H3,(H,23,26)(H,24,25). The van der Waals surface area contributed by atoms with Crippen LogP contribution >= 0.6 is 0 Å². The maximum atomic E-state index is 12.7.